The van der Waals surface area contributed by atoms with Crippen LogP contribution in [0.4, 0.5) is 0 Å². The Bertz CT molecular complexity index is 796. The number of amides is 1. The van der Waals surface area contributed by atoms with Crippen LogP contribution in [0.1, 0.15) is 67.8 Å². The molecule has 0 radical (unpaired) electrons. The predicted octanol–water partition coefficient (Wildman–Crippen LogP) is 4.21. The van der Waals surface area contributed by atoms with E-state index in [0.717, 1.165) is 29.4 Å². The summed E-state index contributed by atoms with van der Waals surface area (Å²) in [6.45, 7) is 5.73. The van der Waals surface area contributed by atoms with E-state index in [1.807, 2.05) is 18.7 Å². The van der Waals surface area contributed by atoms with Gasteiger partial charge in [-0.3, -0.25) is 4.79 Å². The molecule has 1 amide bonds. The van der Waals surface area contributed by atoms with Crippen molar-refractivity contribution in [3.05, 3.63) is 29.3 Å². The molecule has 1 heterocycles. The van der Waals surface area contributed by atoms with Crippen LogP contribution in [0.3, 0.4) is 0 Å². The van der Waals surface area contributed by atoms with E-state index in [4.69, 9.17) is 0 Å². The van der Waals surface area contributed by atoms with Crippen molar-refractivity contribution in [1.29, 1.82) is 0 Å². The molecular formula is C22H34N2O3S2. The lowest BCUT2D eigenvalue weighted by Gasteiger charge is -2.29. The molecule has 3 rings (SSSR count). The molecule has 2 aliphatic rings. The third-order valence-corrected chi connectivity index (χ3v) is 9.40. The lowest BCUT2D eigenvalue weighted by Crippen LogP contribution is -2.38. The van der Waals surface area contributed by atoms with E-state index in [-0.39, 0.29) is 10.8 Å². The van der Waals surface area contributed by atoms with Gasteiger partial charge in [-0.2, -0.15) is 16.1 Å². The van der Waals surface area contributed by atoms with Gasteiger partial charge in [-0.25, -0.2) is 8.42 Å². The van der Waals surface area contributed by atoms with E-state index in [1.54, 1.807) is 22.5 Å². The second-order valence-corrected chi connectivity index (χ2v) is 11.8. The summed E-state index contributed by atoms with van der Waals surface area (Å²) in [6.07, 6.45) is 8.33. The Hall–Kier alpha value is -1.05. The fourth-order valence-electron chi connectivity index (χ4n) is 4.10. The first kappa shape index (κ1) is 22.6. The van der Waals surface area contributed by atoms with Gasteiger partial charge in [-0.05, 0) is 56.2 Å². The molecule has 0 atom stereocenters. The Labute approximate surface area is 180 Å². The number of rotatable bonds is 7. The molecule has 1 saturated heterocycles. The van der Waals surface area contributed by atoms with Crippen LogP contribution in [0, 0.1) is 12.8 Å². The summed E-state index contributed by atoms with van der Waals surface area (Å²) in [7, 11) is -3.55. The number of carbonyl (C=O) groups excluding carboxylic acids is 1. The zero-order valence-corrected chi connectivity index (χ0v) is 19.3. The molecule has 29 heavy (non-hydrogen) atoms. The van der Waals surface area contributed by atoms with E-state index in [1.165, 1.54) is 32.1 Å². The normalized spacial score (nSPS) is 19.9. The number of nitrogens with zero attached hydrogens (tertiary/aromatic N) is 1. The monoisotopic (exact) mass is 438 g/mol. The third-order valence-electron chi connectivity index (χ3n) is 6.13. The van der Waals surface area contributed by atoms with Crippen LogP contribution >= 0.6 is 11.8 Å². The molecule has 2 fully saturated rings. The quantitative estimate of drug-likeness (QED) is 0.648. The fourth-order valence-corrected chi connectivity index (χ4v) is 6.81. The highest BCUT2D eigenvalue weighted by molar-refractivity contribution is 7.99. The molecule has 0 spiro atoms. The summed E-state index contributed by atoms with van der Waals surface area (Å²) in [5, 5.41) is 3.70. The smallest absolute Gasteiger partial charge is 0.251 e. The van der Waals surface area contributed by atoms with Crippen molar-refractivity contribution in [2.24, 2.45) is 5.92 Å². The first-order chi connectivity index (χ1) is 13.9. The molecule has 1 aliphatic carbocycles. The van der Waals surface area contributed by atoms with Crippen molar-refractivity contribution in [2.75, 3.05) is 25.4 Å². The van der Waals surface area contributed by atoms with Gasteiger partial charge >= 0.3 is 0 Å². The van der Waals surface area contributed by atoms with E-state index < -0.39 is 10.0 Å². The number of thioether (sulfide) groups is 1. The van der Waals surface area contributed by atoms with Crippen LogP contribution in [0.5, 0.6) is 0 Å². The number of piperidine rings is 1. The first-order valence-electron chi connectivity index (χ1n) is 10.9. The number of nitrogens with one attached hydrogen (secondary N) is 1. The molecule has 1 aromatic rings. The summed E-state index contributed by atoms with van der Waals surface area (Å²) in [4.78, 5) is 12.9. The van der Waals surface area contributed by atoms with E-state index in [9.17, 15) is 13.2 Å². The summed E-state index contributed by atoms with van der Waals surface area (Å²) in [5.41, 5.74) is 1.26. The molecule has 7 heteroatoms. The Morgan fingerprint density at radius 1 is 1.14 bits per heavy atom. The average Bonchev–Trinajstić information content (AvgIpc) is 2.72. The highest BCUT2D eigenvalue weighted by Crippen LogP contribution is 2.28. The molecule has 162 valence electrons. The van der Waals surface area contributed by atoms with E-state index >= 15 is 0 Å². The maximum absolute atomic E-state index is 13.0. The van der Waals surface area contributed by atoms with Crippen molar-refractivity contribution in [1.82, 2.24) is 9.62 Å². The van der Waals surface area contributed by atoms with Crippen molar-refractivity contribution in [3.63, 3.8) is 0 Å². The van der Waals surface area contributed by atoms with Gasteiger partial charge in [0.05, 0.1) is 4.90 Å². The lowest BCUT2D eigenvalue weighted by molar-refractivity contribution is 0.0955. The highest BCUT2D eigenvalue weighted by Gasteiger charge is 2.29. The van der Waals surface area contributed by atoms with Gasteiger partial charge < -0.3 is 5.32 Å². The van der Waals surface area contributed by atoms with Crippen molar-refractivity contribution < 1.29 is 13.2 Å². The molecule has 0 unspecified atom stereocenters. The number of aryl methyl sites for hydroxylation is 1. The fraction of sp³-hybridized carbons (Fsp3) is 0.682. The zero-order chi connectivity index (χ0) is 20.9. The van der Waals surface area contributed by atoms with Crippen LogP contribution in [-0.2, 0) is 10.0 Å². The van der Waals surface area contributed by atoms with Crippen LogP contribution in [-0.4, -0.2) is 49.3 Å². The third kappa shape index (κ3) is 5.98. The Balaban J connectivity index is 1.59. The largest absolute Gasteiger partial charge is 0.351 e. The molecule has 0 aromatic heterocycles. The minimum atomic E-state index is -3.55. The minimum absolute atomic E-state index is 0.184. The summed E-state index contributed by atoms with van der Waals surface area (Å²) in [6, 6.07) is 4.91. The lowest BCUT2D eigenvalue weighted by atomic mass is 10.0. The topological polar surface area (TPSA) is 66.5 Å². The molecule has 5 nitrogen and oxygen atoms in total. The molecule has 1 aromatic carbocycles. The van der Waals surface area contributed by atoms with Crippen molar-refractivity contribution in [2.45, 2.75) is 68.9 Å². The van der Waals surface area contributed by atoms with E-state index in [0.29, 0.717) is 31.1 Å². The number of sulfonamides is 1. The van der Waals surface area contributed by atoms with Crippen LogP contribution in [0.2, 0.25) is 0 Å². The zero-order valence-electron chi connectivity index (χ0n) is 17.7. The number of hydrogen-bond donors (Lipinski definition) is 1. The van der Waals surface area contributed by atoms with Crippen LogP contribution < -0.4 is 5.32 Å². The van der Waals surface area contributed by atoms with Gasteiger partial charge in [0.15, 0.2) is 0 Å². The van der Waals surface area contributed by atoms with Gasteiger partial charge in [-0.15, -0.1) is 0 Å². The average molecular weight is 439 g/mol. The number of carbonyl (C=O) groups is 1. The van der Waals surface area contributed by atoms with Gasteiger partial charge in [0.25, 0.3) is 5.91 Å². The minimum Gasteiger partial charge on any atom is -0.351 e. The SMILES string of the molecule is Cc1ccc(S(=O)(=O)N2CCC(C)CC2)cc1C(=O)NCCSC1CCCCC1. The van der Waals surface area contributed by atoms with Crippen LogP contribution in [0.15, 0.2) is 23.1 Å². The second-order valence-electron chi connectivity index (χ2n) is 8.45. The second kappa shape index (κ2) is 10.3. The summed E-state index contributed by atoms with van der Waals surface area (Å²) >= 11 is 1.95. The van der Waals surface area contributed by atoms with E-state index in [2.05, 4.69) is 12.2 Å². The Morgan fingerprint density at radius 2 is 1.83 bits per heavy atom. The highest BCUT2D eigenvalue weighted by atomic mass is 32.2. The van der Waals surface area contributed by atoms with Gasteiger partial charge in [0.2, 0.25) is 10.0 Å². The van der Waals surface area contributed by atoms with Gasteiger partial charge in [0, 0.05) is 36.2 Å². The van der Waals surface area contributed by atoms with Crippen molar-refractivity contribution in [3.8, 4) is 0 Å². The maximum atomic E-state index is 13.0. The Kier molecular flexibility index (Phi) is 8.05. The first-order valence-corrected chi connectivity index (χ1v) is 13.4. The standard InChI is InChI=1S/C22H34N2O3S2/c1-17-10-13-24(14-11-17)29(26,27)20-9-8-18(2)21(16-20)22(25)23-12-15-28-19-6-4-3-5-7-19/h8-9,16-17,19H,3-7,10-15H2,1-2H3,(H,23,25). The predicted molar refractivity (Wildman–Crippen MR) is 120 cm³/mol. The maximum Gasteiger partial charge on any atom is 0.251 e. The Morgan fingerprint density at radius 3 is 2.52 bits per heavy atom. The summed E-state index contributed by atoms with van der Waals surface area (Å²) in [5.74, 6) is 1.28. The molecule has 1 N–H and O–H groups in total. The number of hydrogen-bond acceptors (Lipinski definition) is 4. The molecular weight excluding hydrogens is 404 g/mol. The molecule has 1 aliphatic heterocycles. The molecule has 1 saturated carbocycles. The number of benzene rings is 1. The van der Waals surface area contributed by atoms with Gasteiger partial charge in [0.1, 0.15) is 0 Å². The van der Waals surface area contributed by atoms with Crippen LogP contribution in [0.25, 0.3) is 0 Å². The van der Waals surface area contributed by atoms with Crippen molar-refractivity contribution >= 4 is 27.7 Å². The summed E-state index contributed by atoms with van der Waals surface area (Å²) < 4.78 is 27.6. The molecule has 0 bridgehead atoms. The van der Waals surface area contributed by atoms with Gasteiger partial charge in [-0.1, -0.05) is 32.3 Å².